The van der Waals surface area contributed by atoms with Crippen LogP contribution in [0.15, 0.2) is 18.3 Å². The standard InChI is InChI=1S/C16H29N3O/c1-6-17-12-15-11-16(7-8-18-15)20-10-9-19(13(2)3)14(4)5/h7-8,11,13-14,17H,6,9-10,12H2,1-5H3. The molecule has 4 nitrogen and oxygen atoms in total. The fourth-order valence-corrected chi connectivity index (χ4v) is 2.28. The molecule has 0 bridgehead atoms. The highest BCUT2D eigenvalue weighted by molar-refractivity contribution is 5.22. The molecule has 0 aliphatic heterocycles. The van der Waals surface area contributed by atoms with E-state index in [1.165, 1.54) is 0 Å². The molecule has 1 heterocycles. The lowest BCUT2D eigenvalue weighted by Gasteiger charge is -2.30. The molecule has 0 unspecified atom stereocenters. The average Bonchev–Trinajstić information content (AvgIpc) is 2.41. The number of hydrogen-bond acceptors (Lipinski definition) is 4. The van der Waals surface area contributed by atoms with E-state index < -0.39 is 0 Å². The van der Waals surface area contributed by atoms with E-state index in [4.69, 9.17) is 4.74 Å². The van der Waals surface area contributed by atoms with Crippen molar-refractivity contribution in [1.29, 1.82) is 0 Å². The lowest BCUT2D eigenvalue weighted by Crippen LogP contribution is -2.39. The van der Waals surface area contributed by atoms with Crippen LogP contribution in [0.4, 0.5) is 0 Å². The van der Waals surface area contributed by atoms with E-state index in [0.717, 1.165) is 31.1 Å². The molecule has 0 atom stereocenters. The van der Waals surface area contributed by atoms with Crippen LogP contribution < -0.4 is 10.1 Å². The van der Waals surface area contributed by atoms with Crippen molar-refractivity contribution in [3.05, 3.63) is 24.0 Å². The topological polar surface area (TPSA) is 37.4 Å². The molecule has 1 aromatic heterocycles. The lowest BCUT2D eigenvalue weighted by atomic mass is 10.2. The highest BCUT2D eigenvalue weighted by Gasteiger charge is 2.12. The summed E-state index contributed by atoms with van der Waals surface area (Å²) in [5.74, 6) is 0.903. The molecular formula is C16H29N3O. The minimum absolute atomic E-state index is 0.542. The summed E-state index contributed by atoms with van der Waals surface area (Å²) in [5.41, 5.74) is 1.02. The first-order chi connectivity index (χ1) is 9.54. The SMILES string of the molecule is CCNCc1cc(OCCN(C(C)C)C(C)C)ccn1. The van der Waals surface area contributed by atoms with Gasteiger partial charge in [0, 0.05) is 37.4 Å². The lowest BCUT2D eigenvalue weighted by molar-refractivity contribution is 0.142. The highest BCUT2D eigenvalue weighted by atomic mass is 16.5. The number of nitrogens with one attached hydrogen (secondary N) is 1. The van der Waals surface area contributed by atoms with Crippen molar-refractivity contribution in [3.8, 4) is 5.75 Å². The predicted molar refractivity (Wildman–Crippen MR) is 84.1 cm³/mol. The summed E-state index contributed by atoms with van der Waals surface area (Å²) in [5, 5.41) is 3.27. The molecule has 1 N–H and O–H groups in total. The Morgan fingerprint density at radius 3 is 2.55 bits per heavy atom. The highest BCUT2D eigenvalue weighted by Crippen LogP contribution is 2.12. The Morgan fingerprint density at radius 1 is 1.25 bits per heavy atom. The summed E-state index contributed by atoms with van der Waals surface area (Å²) in [6.07, 6.45) is 1.81. The number of pyridine rings is 1. The molecule has 20 heavy (non-hydrogen) atoms. The third-order valence-electron chi connectivity index (χ3n) is 3.29. The predicted octanol–water partition coefficient (Wildman–Crippen LogP) is 2.69. The molecule has 0 fully saturated rings. The van der Waals surface area contributed by atoms with Crippen molar-refractivity contribution in [2.45, 2.75) is 53.2 Å². The van der Waals surface area contributed by atoms with Crippen LogP contribution in [-0.4, -0.2) is 41.7 Å². The summed E-state index contributed by atoms with van der Waals surface area (Å²) >= 11 is 0. The molecule has 0 aliphatic rings. The second-order valence-corrected chi connectivity index (χ2v) is 5.54. The molecule has 1 rings (SSSR count). The van der Waals surface area contributed by atoms with Gasteiger partial charge in [0.2, 0.25) is 0 Å². The maximum Gasteiger partial charge on any atom is 0.122 e. The molecule has 1 aromatic rings. The van der Waals surface area contributed by atoms with Gasteiger partial charge < -0.3 is 10.1 Å². The zero-order valence-electron chi connectivity index (χ0n) is 13.5. The van der Waals surface area contributed by atoms with Gasteiger partial charge in [0.05, 0.1) is 5.69 Å². The van der Waals surface area contributed by atoms with E-state index >= 15 is 0 Å². The van der Waals surface area contributed by atoms with Crippen LogP contribution in [0.5, 0.6) is 5.75 Å². The van der Waals surface area contributed by atoms with Crippen molar-refractivity contribution in [3.63, 3.8) is 0 Å². The normalized spacial score (nSPS) is 11.6. The number of nitrogens with zero attached hydrogens (tertiary/aromatic N) is 2. The number of hydrogen-bond donors (Lipinski definition) is 1. The maximum absolute atomic E-state index is 5.85. The summed E-state index contributed by atoms with van der Waals surface area (Å²) < 4.78 is 5.85. The number of ether oxygens (including phenoxy) is 1. The van der Waals surface area contributed by atoms with Crippen LogP contribution in [0.25, 0.3) is 0 Å². The minimum atomic E-state index is 0.542. The third kappa shape index (κ3) is 5.88. The minimum Gasteiger partial charge on any atom is -0.492 e. The van der Waals surface area contributed by atoms with Crippen LogP contribution in [0, 0.1) is 0 Å². The Balaban J connectivity index is 2.45. The Labute approximate surface area is 123 Å². The summed E-state index contributed by atoms with van der Waals surface area (Å²) in [4.78, 5) is 6.75. The van der Waals surface area contributed by atoms with Crippen LogP contribution in [-0.2, 0) is 6.54 Å². The van der Waals surface area contributed by atoms with Crippen LogP contribution in [0.3, 0.4) is 0 Å². The second kappa shape index (κ2) is 8.93. The van der Waals surface area contributed by atoms with Crippen molar-refractivity contribution in [2.24, 2.45) is 0 Å². The van der Waals surface area contributed by atoms with Crippen LogP contribution >= 0.6 is 0 Å². The molecule has 0 amide bonds. The Kier molecular flexibility index (Phi) is 7.55. The van der Waals surface area contributed by atoms with Crippen LogP contribution in [0.2, 0.25) is 0 Å². The number of rotatable bonds is 9. The van der Waals surface area contributed by atoms with E-state index in [2.05, 4.69) is 49.8 Å². The zero-order valence-corrected chi connectivity index (χ0v) is 13.5. The fraction of sp³-hybridized carbons (Fsp3) is 0.688. The molecule has 4 heteroatoms. The smallest absolute Gasteiger partial charge is 0.122 e. The first-order valence-corrected chi connectivity index (χ1v) is 7.58. The molecular weight excluding hydrogens is 250 g/mol. The van der Waals surface area contributed by atoms with E-state index in [-0.39, 0.29) is 0 Å². The maximum atomic E-state index is 5.85. The average molecular weight is 279 g/mol. The number of aromatic nitrogens is 1. The first-order valence-electron chi connectivity index (χ1n) is 7.58. The van der Waals surface area contributed by atoms with Gasteiger partial charge in [0.15, 0.2) is 0 Å². The van der Waals surface area contributed by atoms with Gasteiger partial charge in [0.25, 0.3) is 0 Å². The molecule has 0 saturated carbocycles. The van der Waals surface area contributed by atoms with Gasteiger partial charge in [-0.3, -0.25) is 9.88 Å². The van der Waals surface area contributed by atoms with Crippen molar-refractivity contribution in [2.75, 3.05) is 19.7 Å². The van der Waals surface area contributed by atoms with Crippen LogP contribution in [0.1, 0.15) is 40.3 Å². The van der Waals surface area contributed by atoms with Gasteiger partial charge in [-0.1, -0.05) is 6.92 Å². The van der Waals surface area contributed by atoms with Gasteiger partial charge in [-0.25, -0.2) is 0 Å². The van der Waals surface area contributed by atoms with Gasteiger partial charge in [-0.2, -0.15) is 0 Å². The van der Waals surface area contributed by atoms with E-state index in [0.29, 0.717) is 18.7 Å². The zero-order chi connectivity index (χ0) is 15.0. The largest absolute Gasteiger partial charge is 0.492 e. The van der Waals surface area contributed by atoms with Crippen molar-refractivity contribution >= 4 is 0 Å². The molecule has 114 valence electrons. The van der Waals surface area contributed by atoms with Crippen molar-refractivity contribution < 1.29 is 4.74 Å². The molecule has 0 aliphatic carbocycles. The Hall–Kier alpha value is -1.13. The third-order valence-corrected chi connectivity index (χ3v) is 3.29. The molecule has 0 saturated heterocycles. The molecule has 0 spiro atoms. The molecule has 0 radical (unpaired) electrons. The van der Waals surface area contributed by atoms with Crippen molar-refractivity contribution in [1.82, 2.24) is 15.2 Å². The van der Waals surface area contributed by atoms with Gasteiger partial charge in [-0.15, -0.1) is 0 Å². The Morgan fingerprint density at radius 2 is 1.95 bits per heavy atom. The molecule has 0 aromatic carbocycles. The monoisotopic (exact) mass is 279 g/mol. The summed E-state index contributed by atoms with van der Waals surface area (Å²) in [6, 6.07) is 5.02. The Bertz CT molecular complexity index is 372. The summed E-state index contributed by atoms with van der Waals surface area (Å²) in [6.45, 7) is 14.4. The summed E-state index contributed by atoms with van der Waals surface area (Å²) in [7, 11) is 0. The van der Waals surface area contributed by atoms with Gasteiger partial charge >= 0.3 is 0 Å². The van der Waals surface area contributed by atoms with Gasteiger partial charge in [-0.05, 0) is 40.3 Å². The first kappa shape index (κ1) is 16.9. The quantitative estimate of drug-likeness (QED) is 0.754. The van der Waals surface area contributed by atoms with Gasteiger partial charge in [0.1, 0.15) is 12.4 Å². The van der Waals surface area contributed by atoms with E-state index in [1.807, 2.05) is 18.3 Å². The van der Waals surface area contributed by atoms with E-state index in [1.54, 1.807) is 0 Å². The fourth-order valence-electron chi connectivity index (χ4n) is 2.28. The second-order valence-electron chi connectivity index (χ2n) is 5.54. The van der Waals surface area contributed by atoms with E-state index in [9.17, 15) is 0 Å².